The highest BCUT2D eigenvalue weighted by Gasteiger charge is 2.14. The van der Waals surface area contributed by atoms with Crippen LogP contribution in [0.5, 0.6) is 0 Å². The van der Waals surface area contributed by atoms with Gasteiger partial charge in [0.2, 0.25) is 0 Å². The molecule has 0 bridgehead atoms. The van der Waals surface area contributed by atoms with Gasteiger partial charge in [0.1, 0.15) is 0 Å². The lowest BCUT2D eigenvalue weighted by Gasteiger charge is -2.10. The van der Waals surface area contributed by atoms with Crippen molar-refractivity contribution in [2.24, 2.45) is 0 Å². The largest absolute Gasteiger partial charge is 0.478 e. The Balaban J connectivity index is 2.31. The lowest BCUT2D eigenvalue weighted by molar-refractivity contribution is 0.0698. The topological polar surface area (TPSA) is 66.4 Å². The molecule has 0 aliphatic carbocycles. The summed E-state index contributed by atoms with van der Waals surface area (Å²) in [7, 11) is 0. The number of carbonyl (C=O) groups excluding carboxylic acids is 1. The van der Waals surface area contributed by atoms with Crippen molar-refractivity contribution >= 4 is 29.2 Å². The highest BCUT2D eigenvalue weighted by Crippen LogP contribution is 2.20. The Hall–Kier alpha value is -2.33. The van der Waals surface area contributed by atoms with Crippen LogP contribution in [0.3, 0.4) is 0 Å². The molecule has 2 aromatic carbocycles. The first-order valence-electron chi connectivity index (χ1n) is 6.30. The molecule has 0 atom stereocenters. The second-order valence-corrected chi connectivity index (χ2v) is 5.18. The maximum absolute atomic E-state index is 12.2. The van der Waals surface area contributed by atoms with Gasteiger partial charge in [-0.3, -0.25) is 4.79 Å². The van der Waals surface area contributed by atoms with Gasteiger partial charge in [0.25, 0.3) is 5.91 Å². The van der Waals surface area contributed by atoms with Crippen molar-refractivity contribution in [1.82, 2.24) is 0 Å². The van der Waals surface area contributed by atoms with Crippen LogP contribution in [0.1, 0.15) is 31.8 Å². The predicted molar refractivity (Wildman–Crippen MR) is 82.3 cm³/mol. The minimum absolute atomic E-state index is 0.0639. The first-order chi connectivity index (χ1) is 9.88. The van der Waals surface area contributed by atoms with Crippen LogP contribution in [0, 0.1) is 13.8 Å². The molecular formula is C16H14ClNO3. The van der Waals surface area contributed by atoms with Gasteiger partial charge in [0.05, 0.1) is 11.3 Å². The number of carboxylic acids is 1. The molecule has 4 nitrogen and oxygen atoms in total. The van der Waals surface area contributed by atoms with Gasteiger partial charge in [-0.25, -0.2) is 4.79 Å². The molecule has 2 N–H and O–H groups in total. The summed E-state index contributed by atoms with van der Waals surface area (Å²) in [5, 5.41) is 12.4. The number of carbonyl (C=O) groups is 2. The van der Waals surface area contributed by atoms with Crippen molar-refractivity contribution in [2.75, 3.05) is 5.32 Å². The number of rotatable bonds is 3. The maximum atomic E-state index is 12.2. The standard InChI is InChI=1S/C16H14ClNO3/c1-9-3-6-14(12(7-9)16(20)21)18-15(19)11-4-5-13(17)10(2)8-11/h3-8H,1-2H3,(H,18,19)(H,20,21). The molecule has 0 saturated heterocycles. The molecule has 0 aromatic heterocycles. The number of hydrogen-bond donors (Lipinski definition) is 2. The molecule has 0 aliphatic heterocycles. The summed E-state index contributed by atoms with van der Waals surface area (Å²) in [6, 6.07) is 9.74. The van der Waals surface area contributed by atoms with E-state index in [0.717, 1.165) is 11.1 Å². The third-order valence-corrected chi connectivity index (χ3v) is 3.50. The number of nitrogens with one attached hydrogen (secondary N) is 1. The molecule has 0 heterocycles. The fourth-order valence-electron chi connectivity index (χ4n) is 1.92. The number of aryl methyl sites for hydroxylation is 2. The second-order valence-electron chi connectivity index (χ2n) is 4.77. The summed E-state index contributed by atoms with van der Waals surface area (Å²) in [5.74, 6) is -1.46. The zero-order valence-electron chi connectivity index (χ0n) is 11.6. The third-order valence-electron chi connectivity index (χ3n) is 3.07. The van der Waals surface area contributed by atoms with Crippen molar-refractivity contribution in [3.8, 4) is 0 Å². The molecular weight excluding hydrogens is 290 g/mol. The van der Waals surface area contributed by atoms with Gasteiger partial charge in [-0.05, 0) is 49.7 Å². The lowest BCUT2D eigenvalue weighted by atomic mass is 10.1. The number of hydrogen-bond acceptors (Lipinski definition) is 2. The van der Waals surface area contributed by atoms with Crippen molar-refractivity contribution in [1.29, 1.82) is 0 Å². The molecule has 5 heteroatoms. The third kappa shape index (κ3) is 3.41. The SMILES string of the molecule is Cc1ccc(NC(=O)c2ccc(Cl)c(C)c2)c(C(=O)O)c1. The molecule has 1 amide bonds. The fourth-order valence-corrected chi connectivity index (χ4v) is 2.04. The van der Waals surface area contributed by atoms with Gasteiger partial charge < -0.3 is 10.4 Å². The normalized spacial score (nSPS) is 10.2. The van der Waals surface area contributed by atoms with Crippen LogP contribution < -0.4 is 5.32 Å². The summed E-state index contributed by atoms with van der Waals surface area (Å²) in [6.45, 7) is 3.59. The molecule has 108 valence electrons. The first-order valence-corrected chi connectivity index (χ1v) is 6.67. The van der Waals surface area contributed by atoms with Gasteiger partial charge in [-0.2, -0.15) is 0 Å². The number of aromatic carboxylic acids is 1. The molecule has 21 heavy (non-hydrogen) atoms. The maximum Gasteiger partial charge on any atom is 0.337 e. The van der Waals surface area contributed by atoms with Crippen LogP contribution in [-0.4, -0.2) is 17.0 Å². The van der Waals surface area contributed by atoms with E-state index in [0.29, 0.717) is 10.6 Å². The van der Waals surface area contributed by atoms with Crippen molar-refractivity contribution in [2.45, 2.75) is 13.8 Å². The Labute approximate surface area is 127 Å². The van der Waals surface area contributed by atoms with Crippen molar-refractivity contribution < 1.29 is 14.7 Å². The minimum atomic E-state index is -1.08. The minimum Gasteiger partial charge on any atom is -0.478 e. The Bertz CT molecular complexity index is 725. The Morgan fingerprint density at radius 3 is 2.43 bits per heavy atom. The van der Waals surface area contributed by atoms with Crippen molar-refractivity contribution in [3.05, 3.63) is 63.7 Å². The van der Waals surface area contributed by atoms with E-state index in [1.54, 1.807) is 44.2 Å². The molecule has 0 unspecified atom stereocenters. The number of amides is 1. The van der Waals surface area contributed by atoms with Crippen LogP contribution in [0.25, 0.3) is 0 Å². The molecule has 2 rings (SSSR count). The van der Waals surface area contributed by atoms with E-state index in [2.05, 4.69) is 5.32 Å². The number of halogens is 1. The van der Waals surface area contributed by atoms with Crippen LogP contribution in [0.15, 0.2) is 36.4 Å². The van der Waals surface area contributed by atoms with Crippen LogP contribution in [-0.2, 0) is 0 Å². The van der Waals surface area contributed by atoms with E-state index < -0.39 is 5.97 Å². The van der Waals surface area contributed by atoms with Crippen LogP contribution in [0.4, 0.5) is 5.69 Å². The van der Waals surface area contributed by atoms with Gasteiger partial charge in [-0.15, -0.1) is 0 Å². The zero-order chi connectivity index (χ0) is 15.6. The zero-order valence-corrected chi connectivity index (χ0v) is 12.4. The molecule has 0 saturated carbocycles. The quantitative estimate of drug-likeness (QED) is 0.903. The number of carboxylic acid groups (broad SMARTS) is 1. The Morgan fingerprint density at radius 2 is 1.81 bits per heavy atom. The van der Waals surface area contributed by atoms with Gasteiger partial charge in [-0.1, -0.05) is 23.2 Å². The highest BCUT2D eigenvalue weighted by molar-refractivity contribution is 6.31. The molecule has 0 spiro atoms. The van der Waals surface area contributed by atoms with E-state index in [1.807, 2.05) is 0 Å². The van der Waals surface area contributed by atoms with E-state index in [1.165, 1.54) is 6.07 Å². The fraction of sp³-hybridized carbons (Fsp3) is 0.125. The van der Waals surface area contributed by atoms with Crippen molar-refractivity contribution in [3.63, 3.8) is 0 Å². The van der Waals surface area contributed by atoms with Crippen LogP contribution in [0.2, 0.25) is 5.02 Å². The van der Waals surface area contributed by atoms with E-state index in [9.17, 15) is 14.7 Å². The Kier molecular flexibility index (Phi) is 4.29. The van der Waals surface area contributed by atoms with E-state index in [4.69, 9.17) is 11.6 Å². The number of benzene rings is 2. The highest BCUT2D eigenvalue weighted by atomic mass is 35.5. The average molecular weight is 304 g/mol. The first kappa shape index (κ1) is 15.1. The number of anilines is 1. The smallest absolute Gasteiger partial charge is 0.337 e. The molecule has 2 aromatic rings. The summed E-state index contributed by atoms with van der Waals surface area (Å²) < 4.78 is 0. The average Bonchev–Trinajstić information content (AvgIpc) is 2.43. The summed E-state index contributed by atoms with van der Waals surface area (Å²) in [5.41, 5.74) is 2.35. The molecule has 0 aliphatic rings. The van der Waals surface area contributed by atoms with Gasteiger partial charge in [0.15, 0.2) is 0 Å². The monoisotopic (exact) mass is 303 g/mol. The van der Waals surface area contributed by atoms with Gasteiger partial charge >= 0.3 is 5.97 Å². The van der Waals surface area contributed by atoms with E-state index in [-0.39, 0.29) is 17.2 Å². The summed E-state index contributed by atoms with van der Waals surface area (Å²) in [4.78, 5) is 23.4. The lowest BCUT2D eigenvalue weighted by Crippen LogP contribution is -2.15. The Morgan fingerprint density at radius 1 is 1.10 bits per heavy atom. The van der Waals surface area contributed by atoms with Gasteiger partial charge in [0, 0.05) is 10.6 Å². The predicted octanol–water partition coefficient (Wildman–Crippen LogP) is 3.91. The summed E-state index contributed by atoms with van der Waals surface area (Å²) in [6.07, 6.45) is 0. The second kappa shape index (κ2) is 5.97. The summed E-state index contributed by atoms with van der Waals surface area (Å²) >= 11 is 5.92. The van der Waals surface area contributed by atoms with Crippen LogP contribution >= 0.6 is 11.6 Å². The molecule has 0 radical (unpaired) electrons. The molecule has 0 fully saturated rings. The van der Waals surface area contributed by atoms with E-state index >= 15 is 0 Å².